The molecule has 0 spiro atoms. The summed E-state index contributed by atoms with van der Waals surface area (Å²) >= 11 is 0. The van der Waals surface area contributed by atoms with E-state index in [4.69, 9.17) is 4.98 Å². The second-order valence-corrected chi connectivity index (χ2v) is 9.54. The highest BCUT2D eigenvalue weighted by Crippen LogP contribution is 2.40. The van der Waals surface area contributed by atoms with Crippen molar-refractivity contribution in [2.75, 3.05) is 0 Å². The Labute approximate surface area is 218 Å². The fraction of sp³-hybridized carbons (Fsp3) is 0.0294. The number of phenolic OH excluding ortho intramolecular Hbond substituents is 1. The first-order valence-corrected chi connectivity index (χ1v) is 12.7. The number of fused-ring (bicyclic) bond motifs is 10. The van der Waals surface area contributed by atoms with E-state index in [0.717, 1.165) is 49.9 Å². The van der Waals surface area contributed by atoms with Gasteiger partial charge in [-0.05, 0) is 35.7 Å². The van der Waals surface area contributed by atoms with Crippen molar-refractivity contribution < 1.29 is 5.11 Å². The van der Waals surface area contributed by atoms with E-state index in [2.05, 4.69) is 93.6 Å². The van der Waals surface area contributed by atoms with Crippen LogP contribution < -0.4 is 0 Å². The molecule has 1 N–H and O–H groups in total. The van der Waals surface area contributed by atoms with E-state index in [9.17, 15) is 5.11 Å². The normalized spacial score (nSPS) is 13.3. The van der Waals surface area contributed by atoms with Crippen LogP contribution in [-0.4, -0.2) is 19.1 Å². The molecule has 1 aliphatic carbocycles. The Morgan fingerprint density at radius 3 is 2.34 bits per heavy atom. The molecule has 0 saturated heterocycles. The monoisotopic (exact) mass is 487 g/mol. The molecule has 0 saturated carbocycles. The van der Waals surface area contributed by atoms with E-state index in [-0.39, 0.29) is 5.75 Å². The lowest BCUT2D eigenvalue weighted by Gasteiger charge is -2.16. The van der Waals surface area contributed by atoms with Gasteiger partial charge in [-0.15, -0.1) is 0 Å². The molecule has 8 rings (SSSR count). The summed E-state index contributed by atoms with van der Waals surface area (Å²) in [5.74, 6) is 6.67. The van der Waals surface area contributed by atoms with Gasteiger partial charge in [0.1, 0.15) is 16.9 Å². The molecule has 3 heterocycles. The van der Waals surface area contributed by atoms with Crippen LogP contribution in [0.4, 0.5) is 0 Å². The number of rotatable bonds is 2. The molecule has 0 radical (unpaired) electrons. The lowest BCUT2D eigenvalue weighted by molar-refractivity contribution is 0.473. The van der Waals surface area contributed by atoms with Crippen molar-refractivity contribution in [1.82, 2.24) is 14.0 Å². The van der Waals surface area contributed by atoms with Gasteiger partial charge >= 0.3 is 0 Å². The van der Waals surface area contributed by atoms with Crippen LogP contribution >= 0.6 is 0 Å². The number of imidazole rings is 1. The van der Waals surface area contributed by atoms with Gasteiger partial charge in [-0.2, -0.15) is 0 Å². The van der Waals surface area contributed by atoms with Crippen LogP contribution in [-0.2, 0) is 0 Å². The largest absolute Gasteiger partial charge is 0.507 e. The van der Waals surface area contributed by atoms with E-state index < -0.39 is 0 Å². The highest BCUT2D eigenvalue weighted by molar-refractivity contribution is 6.17. The maximum atomic E-state index is 11.2. The molecular formula is C34H21N3O. The van der Waals surface area contributed by atoms with Crippen molar-refractivity contribution in [2.24, 2.45) is 0 Å². The number of aromatic hydroxyl groups is 1. The summed E-state index contributed by atoms with van der Waals surface area (Å²) < 4.78 is 4.51. The lowest BCUT2D eigenvalue weighted by Crippen LogP contribution is -2.02. The van der Waals surface area contributed by atoms with Gasteiger partial charge in [0, 0.05) is 28.2 Å². The number of aromatic nitrogens is 3. The average molecular weight is 488 g/mol. The molecule has 0 unspecified atom stereocenters. The fourth-order valence-corrected chi connectivity index (χ4v) is 5.86. The number of nitrogens with zero attached hydrogens (tertiary/aromatic N) is 3. The standard InChI is InChI=1S/C34H21N3O/c38-30-21-11-20-29(31(30)22-12-3-1-2-4-13-22)36-28-19-10-8-17-26(28)32-34(36)37-27-18-9-7-15-24(27)23-14-5-6-16-25(23)33(37)35-32/h1,3,5-12,14-21,38H,2H2. The molecule has 1 aliphatic rings. The summed E-state index contributed by atoms with van der Waals surface area (Å²) in [5.41, 5.74) is 7.31. The first-order chi connectivity index (χ1) is 18.8. The summed E-state index contributed by atoms with van der Waals surface area (Å²) in [4.78, 5) is 5.27. The van der Waals surface area contributed by atoms with Crippen molar-refractivity contribution in [3.63, 3.8) is 0 Å². The summed E-state index contributed by atoms with van der Waals surface area (Å²) in [7, 11) is 0. The molecule has 178 valence electrons. The van der Waals surface area contributed by atoms with E-state index in [0.29, 0.717) is 12.0 Å². The molecule has 7 aromatic rings. The minimum Gasteiger partial charge on any atom is -0.507 e. The molecule has 0 fully saturated rings. The quantitative estimate of drug-likeness (QED) is 0.200. The third kappa shape index (κ3) is 2.79. The van der Waals surface area contributed by atoms with Crippen LogP contribution in [0.25, 0.3) is 60.6 Å². The molecule has 4 aromatic carbocycles. The molecule has 4 nitrogen and oxygen atoms in total. The maximum absolute atomic E-state index is 11.2. The topological polar surface area (TPSA) is 42.5 Å². The van der Waals surface area contributed by atoms with E-state index >= 15 is 0 Å². The summed E-state index contributed by atoms with van der Waals surface area (Å²) in [6, 6.07) is 31.0. The number of benzene rings is 4. The van der Waals surface area contributed by atoms with Gasteiger partial charge in [0.15, 0.2) is 5.65 Å². The SMILES string of the molecule is Oc1cccc(-n2c3ccccc3c3nc4c5ccccc5c5ccccc5n4c32)c1C1=CC=CCC#C1. The molecule has 38 heavy (non-hydrogen) atoms. The number of phenols is 1. The van der Waals surface area contributed by atoms with Crippen LogP contribution in [0.3, 0.4) is 0 Å². The minimum atomic E-state index is 0.202. The van der Waals surface area contributed by atoms with Crippen molar-refractivity contribution >= 4 is 55.0 Å². The Bertz CT molecular complexity index is 2230. The molecule has 4 heteroatoms. The number of hydrogen-bond acceptors (Lipinski definition) is 2. The average Bonchev–Trinajstić information content (AvgIpc) is 3.36. The van der Waals surface area contributed by atoms with Gasteiger partial charge in [-0.3, -0.25) is 8.97 Å². The second kappa shape index (κ2) is 7.86. The molecular weight excluding hydrogens is 466 g/mol. The van der Waals surface area contributed by atoms with Crippen LogP contribution in [0, 0.1) is 11.8 Å². The Kier molecular flexibility index (Phi) is 4.32. The van der Waals surface area contributed by atoms with E-state index in [1.807, 2.05) is 30.4 Å². The number of allylic oxidation sites excluding steroid dienone is 4. The Hall–Kier alpha value is -5.27. The first kappa shape index (κ1) is 20.9. The van der Waals surface area contributed by atoms with Crippen molar-refractivity contribution in [2.45, 2.75) is 6.42 Å². The molecule has 0 bridgehead atoms. The predicted octanol–water partition coefficient (Wildman–Crippen LogP) is 7.79. The Morgan fingerprint density at radius 2 is 1.47 bits per heavy atom. The highest BCUT2D eigenvalue weighted by atomic mass is 16.3. The predicted molar refractivity (Wildman–Crippen MR) is 156 cm³/mol. The van der Waals surface area contributed by atoms with Crippen LogP contribution in [0.1, 0.15) is 12.0 Å². The second-order valence-electron chi connectivity index (χ2n) is 9.54. The fourth-order valence-electron chi connectivity index (χ4n) is 5.86. The molecule has 0 atom stereocenters. The van der Waals surface area contributed by atoms with Gasteiger partial charge in [-0.25, -0.2) is 4.98 Å². The van der Waals surface area contributed by atoms with Crippen LogP contribution in [0.15, 0.2) is 109 Å². The van der Waals surface area contributed by atoms with Gasteiger partial charge in [0.2, 0.25) is 0 Å². The van der Waals surface area contributed by atoms with E-state index in [1.54, 1.807) is 6.07 Å². The van der Waals surface area contributed by atoms with Crippen LogP contribution in [0.2, 0.25) is 0 Å². The van der Waals surface area contributed by atoms with E-state index in [1.165, 1.54) is 10.8 Å². The Balaban J connectivity index is 1.63. The van der Waals surface area contributed by atoms with Gasteiger partial charge in [0.25, 0.3) is 0 Å². The summed E-state index contributed by atoms with van der Waals surface area (Å²) in [6.45, 7) is 0. The smallest absolute Gasteiger partial charge is 0.151 e. The summed E-state index contributed by atoms with van der Waals surface area (Å²) in [5, 5.41) is 15.7. The third-order valence-corrected chi connectivity index (χ3v) is 7.44. The van der Waals surface area contributed by atoms with Crippen LogP contribution in [0.5, 0.6) is 5.75 Å². The lowest BCUT2D eigenvalue weighted by atomic mass is 10.0. The number of hydrogen-bond donors (Lipinski definition) is 1. The van der Waals surface area contributed by atoms with Gasteiger partial charge in [0.05, 0.1) is 22.3 Å². The highest BCUT2D eigenvalue weighted by Gasteiger charge is 2.24. The molecule has 3 aromatic heterocycles. The van der Waals surface area contributed by atoms with Crippen molar-refractivity contribution in [3.05, 3.63) is 115 Å². The van der Waals surface area contributed by atoms with Gasteiger partial charge in [-0.1, -0.05) is 90.7 Å². The Morgan fingerprint density at radius 1 is 0.737 bits per heavy atom. The third-order valence-electron chi connectivity index (χ3n) is 7.44. The first-order valence-electron chi connectivity index (χ1n) is 12.7. The zero-order valence-corrected chi connectivity index (χ0v) is 20.4. The number of para-hydroxylation sites is 2. The number of pyridine rings is 1. The van der Waals surface area contributed by atoms with Gasteiger partial charge < -0.3 is 5.11 Å². The molecule has 0 aliphatic heterocycles. The minimum absolute atomic E-state index is 0.202. The molecule has 0 amide bonds. The van der Waals surface area contributed by atoms with Crippen molar-refractivity contribution in [3.8, 4) is 23.3 Å². The van der Waals surface area contributed by atoms with Crippen molar-refractivity contribution in [1.29, 1.82) is 0 Å². The summed E-state index contributed by atoms with van der Waals surface area (Å²) in [6.07, 6.45) is 6.70. The zero-order valence-electron chi connectivity index (χ0n) is 20.4. The maximum Gasteiger partial charge on any atom is 0.151 e. The zero-order chi connectivity index (χ0) is 25.2.